The predicted octanol–water partition coefficient (Wildman–Crippen LogP) is 2.16. The predicted molar refractivity (Wildman–Crippen MR) is 66.7 cm³/mol. The molecule has 0 spiro atoms. The van der Waals surface area contributed by atoms with Gasteiger partial charge in [0.1, 0.15) is 0 Å². The molecule has 2 heteroatoms. The Kier molecular flexibility index (Phi) is 4.37. The second-order valence-corrected chi connectivity index (χ2v) is 4.67. The summed E-state index contributed by atoms with van der Waals surface area (Å²) in [5.74, 6) is 0.734. The third-order valence-corrected chi connectivity index (χ3v) is 3.17. The Morgan fingerprint density at radius 1 is 1.31 bits per heavy atom. The number of ether oxygens (including phenoxy) is 1. The van der Waals surface area contributed by atoms with E-state index in [9.17, 15) is 0 Å². The Hall–Kier alpha value is -0.860. The highest BCUT2D eigenvalue weighted by atomic mass is 16.5. The van der Waals surface area contributed by atoms with Gasteiger partial charge in [0.15, 0.2) is 0 Å². The summed E-state index contributed by atoms with van der Waals surface area (Å²) in [5.41, 5.74) is 2.75. The zero-order chi connectivity index (χ0) is 11.2. The molecule has 1 unspecified atom stereocenters. The van der Waals surface area contributed by atoms with E-state index < -0.39 is 0 Å². The zero-order valence-electron chi connectivity index (χ0n) is 10.0. The van der Waals surface area contributed by atoms with E-state index in [2.05, 4.69) is 36.5 Å². The summed E-state index contributed by atoms with van der Waals surface area (Å²) in [6.07, 6.45) is 2.34. The van der Waals surface area contributed by atoms with Gasteiger partial charge in [-0.3, -0.25) is 0 Å². The first-order chi connectivity index (χ1) is 7.84. The van der Waals surface area contributed by atoms with Gasteiger partial charge < -0.3 is 10.1 Å². The Labute approximate surface area is 98.0 Å². The average molecular weight is 219 g/mol. The number of benzene rings is 1. The summed E-state index contributed by atoms with van der Waals surface area (Å²) >= 11 is 0. The lowest BCUT2D eigenvalue weighted by molar-refractivity contribution is 0.185. The first kappa shape index (κ1) is 11.6. The van der Waals surface area contributed by atoms with Gasteiger partial charge >= 0.3 is 0 Å². The maximum atomic E-state index is 5.35. The molecule has 16 heavy (non-hydrogen) atoms. The van der Waals surface area contributed by atoms with Crippen LogP contribution < -0.4 is 5.32 Å². The maximum Gasteiger partial charge on any atom is 0.0507 e. The van der Waals surface area contributed by atoms with Gasteiger partial charge in [-0.1, -0.05) is 29.8 Å². The van der Waals surface area contributed by atoms with Crippen LogP contribution >= 0.6 is 0 Å². The van der Waals surface area contributed by atoms with Crippen LogP contribution in [0, 0.1) is 12.8 Å². The highest BCUT2D eigenvalue weighted by Gasteiger charge is 2.14. The van der Waals surface area contributed by atoms with Gasteiger partial charge in [0, 0.05) is 13.2 Å². The van der Waals surface area contributed by atoms with E-state index in [0.717, 1.165) is 38.6 Å². The molecule has 88 valence electrons. The molecule has 1 N–H and O–H groups in total. The number of nitrogens with one attached hydrogen (secondary N) is 1. The minimum absolute atomic E-state index is 0.734. The van der Waals surface area contributed by atoms with E-state index in [1.807, 2.05) is 0 Å². The molecule has 1 heterocycles. The van der Waals surface area contributed by atoms with Crippen molar-refractivity contribution in [2.75, 3.05) is 26.3 Å². The first-order valence-corrected chi connectivity index (χ1v) is 6.18. The summed E-state index contributed by atoms with van der Waals surface area (Å²) in [7, 11) is 0. The van der Waals surface area contributed by atoms with E-state index in [0.29, 0.717) is 0 Å². The van der Waals surface area contributed by atoms with Crippen molar-refractivity contribution in [3.63, 3.8) is 0 Å². The topological polar surface area (TPSA) is 21.3 Å². The molecular formula is C14H21NO. The van der Waals surface area contributed by atoms with Crippen molar-refractivity contribution in [2.45, 2.75) is 19.8 Å². The summed E-state index contributed by atoms with van der Waals surface area (Å²) in [6, 6.07) is 8.80. The number of hydrogen-bond acceptors (Lipinski definition) is 2. The van der Waals surface area contributed by atoms with E-state index in [1.54, 1.807) is 0 Å². The molecule has 1 fully saturated rings. The molecule has 2 rings (SSSR count). The van der Waals surface area contributed by atoms with E-state index in [1.165, 1.54) is 17.5 Å². The van der Waals surface area contributed by atoms with Gasteiger partial charge in [-0.2, -0.15) is 0 Å². The third-order valence-electron chi connectivity index (χ3n) is 3.17. The molecule has 0 saturated carbocycles. The molecule has 1 aliphatic heterocycles. The van der Waals surface area contributed by atoms with Gasteiger partial charge in [-0.05, 0) is 37.8 Å². The molecule has 0 aromatic heterocycles. The summed E-state index contributed by atoms with van der Waals surface area (Å²) in [6.45, 7) is 6.19. The smallest absolute Gasteiger partial charge is 0.0507 e. The molecule has 0 aliphatic carbocycles. The normalized spacial score (nSPS) is 20.2. The fourth-order valence-corrected chi connectivity index (χ4v) is 2.04. The third kappa shape index (κ3) is 3.62. The standard InChI is InChI=1S/C14H21NO/c1-12-2-4-13(5-3-12)6-8-15-10-14-7-9-16-11-14/h2-5,14-15H,6-11H2,1H3. The van der Waals surface area contributed by atoms with Crippen molar-refractivity contribution in [3.05, 3.63) is 35.4 Å². The number of rotatable bonds is 5. The Balaban J connectivity index is 1.62. The lowest BCUT2D eigenvalue weighted by Crippen LogP contribution is -2.25. The largest absolute Gasteiger partial charge is 0.381 e. The quantitative estimate of drug-likeness (QED) is 0.766. The van der Waals surface area contributed by atoms with Crippen LogP contribution in [0.4, 0.5) is 0 Å². The average Bonchev–Trinajstić information content (AvgIpc) is 2.80. The Bertz CT molecular complexity index is 301. The summed E-state index contributed by atoms with van der Waals surface area (Å²) in [5, 5.41) is 3.51. The van der Waals surface area contributed by atoms with Crippen LogP contribution in [-0.2, 0) is 11.2 Å². The number of aryl methyl sites for hydroxylation is 1. The van der Waals surface area contributed by atoms with Gasteiger partial charge in [0.2, 0.25) is 0 Å². The molecular weight excluding hydrogens is 198 g/mol. The first-order valence-electron chi connectivity index (χ1n) is 6.18. The monoisotopic (exact) mass is 219 g/mol. The molecule has 1 saturated heterocycles. The lowest BCUT2D eigenvalue weighted by Gasteiger charge is -2.09. The number of hydrogen-bond donors (Lipinski definition) is 1. The minimum Gasteiger partial charge on any atom is -0.381 e. The fraction of sp³-hybridized carbons (Fsp3) is 0.571. The van der Waals surface area contributed by atoms with Crippen molar-refractivity contribution in [3.8, 4) is 0 Å². The van der Waals surface area contributed by atoms with Gasteiger partial charge in [-0.25, -0.2) is 0 Å². The lowest BCUT2D eigenvalue weighted by atomic mass is 10.1. The fourth-order valence-electron chi connectivity index (χ4n) is 2.04. The Morgan fingerprint density at radius 3 is 2.81 bits per heavy atom. The van der Waals surface area contributed by atoms with Crippen molar-refractivity contribution in [1.82, 2.24) is 5.32 Å². The van der Waals surface area contributed by atoms with Crippen LogP contribution in [0.1, 0.15) is 17.5 Å². The second-order valence-electron chi connectivity index (χ2n) is 4.67. The molecule has 0 radical (unpaired) electrons. The molecule has 1 aromatic rings. The van der Waals surface area contributed by atoms with E-state index in [4.69, 9.17) is 4.74 Å². The highest BCUT2D eigenvalue weighted by Crippen LogP contribution is 2.10. The summed E-state index contributed by atoms with van der Waals surface area (Å²) in [4.78, 5) is 0. The van der Waals surface area contributed by atoms with Crippen LogP contribution in [0.5, 0.6) is 0 Å². The van der Waals surface area contributed by atoms with Crippen LogP contribution in [0.2, 0.25) is 0 Å². The molecule has 2 nitrogen and oxygen atoms in total. The van der Waals surface area contributed by atoms with Gasteiger partial charge in [-0.15, -0.1) is 0 Å². The molecule has 1 aromatic carbocycles. The minimum atomic E-state index is 0.734. The van der Waals surface area contributed by atoms with Crippen molar-refractivity contribution in [1.29, 1.82) is 0 Å². The summed E-state index contributed by atoms with van der Waals surface area (Å²) < 4.78 is 5.35. The van der Waals surface area contributed by atoms with Crippen molar-refractivity contribution < 1.29 is 4.74 Å². The van der Waals surface area contributed by atoms with Crippen LogP contribution in [0.3, 0.4) is 0 Å². The second kappa shape index (κ2) is 6.02. The van der Waals surface area contributed by atoms with Gasteiger partial charge in [0.05, 0.1) is 6.61 Å². The van der Waals surface area contributed by atoms with Gasteiger partial charge in [0.25, 0.3) is 0 Å². The Morgan fingerprint density at radius 2 is 2.12 bits per heavy atom. The van der Waals surface area contributed by atoms with Crippen LogP contribution in [-0.4, -0.2) is 26.3 Å². The maximum absolute atomic E-state index is 5.35. The van der Waals surface area contributed by atoms with Crippen molar-refractivity contribution >= 4 is 0 Å². The molecule has 0 bridgehead atoms. The molecule has 1 atom stereocenters. The highest BCUT2D eigenvalue weighted by molar-refractivity contribution is 5.21. The van der Waals surface area contributed by atoms with Crippen LogP contribution in [0.15, 0.2) is 24.3 Å². The van der Waals surface area contributed by atoms with Crippen molar-refractivity contribution in [2.24, 2.45) is 5.92 Å². The zero-order valence-corrected chi connectivity index (χ0v) is 10.0. The van der Waals surface area contributed by atoms with E-state index in [-0.39, 0.29) is 0 Å². The van der Waals surface area contributed by atoms with Crippen LogP contribution in [0.25, 0.3) is 0 Å². The molecule has 0 amide bonds. The van der Waals surface area contributed by atoms with E-state index >= 15 is 0 Å². The SMILES string of the molecule is Cc1ccc(CCNCC2CCOC2)cc1. The molecule has 1 aliphatic rings.